The molecule has 0 bridgehead atoms. The quantitative estimate of drug-likeness (QED) is 0.887. The van der Waals surface area contributed by atoms with Crippen LogP contribution in [0.15, 0.2) is 36.5 Å². The number of hydrogen-bond donors (Lipinski definition) is 1. The van der Waals surface area contributed by atoms with Crippen molar-refractivity contribution in [3.05, 3.63) is 52.9 Å². The van der Waals surface area contributed by atoms with Crippen molar-refractivity contribution in [2.24, 2.45) is 0 Å². The summed E-state index contributed by atoms with van der Waals surface area (Å²) in [6, 6.07) is 7.19. The standard InChI is InChI=1S/C15H14ClFN2O3/c1-21-15-6-10(4-5-18-15)8-19-14(20)9-22-13-3-2-11(17)7-12(13)16/h2-7H,8-9H2,1H3,(H,19,20). The van der Waals surface area contributed by atoms with Crippen LogP contribution in [0.25, 0.3) is 0 Å². The Morgan fingerprint density at radius 2 is 2.18 bits per heavy atom. The van der Waals surface area contributed by atoms with Crippen molar-refractivity contribution in [3.63, 3.8) is 0 Å². The molecule has 1 amide bonds. The first-order valence-electron chi connectivity index (χ1n) is 6.42. The van der Waals surface area contributed by atoms with Gasteiger partial charge in [0.2, 0.25) is 5.88 Å². The number of nitrogens with one attached hydrogen (secondary N) is 1. The lowest BCUT2D eigenvalue weighted by atomic mass is 10.2. The second kappa shape index (κ2) is 7.61. The van der Waals surface area contributed by atoms with Crippen molar-refractivity contribution in [2.45, 2.75) is 6.54 Å². The lowest BCUT2D eigenvalue weighted by Crippen LogP contribution is -2.28. The first-order valence-corrected chi connectivity index (χ1v) is 6.80. The Morgan fingerprint density at radius 3 is 2.91 bits per heavy atom. The fourth-order valence-electron chi connectivity index (χ4n) is 1.66. The van der Waals surface area contributed by atoms with Crippen molar-refractivity contribution in [1.82, 2.24) is 10.3 Å². The van der Waals surface area contributed by atoms with Gasteiger partial charge in [0.25, 0.3) is 5.91 Å². The molecule has 5 nitrogen and oxygen atoms in total. The summed E-state index contributed by atoms with van der Waals surface area (Å²) in [6.45, 7) is 0.103. The number of benzene rings is 1. The van der Waals surface area contributed by atoms with Crippen LogP contribution in [0, 0.1) is 5.82 Å². The number of aromatic nitrogens is 1. The number of ether oxygens (including phenoxy) is 2. The molecule has 0 saturated carbocycles. The minimum absolute atomic E-state index is 0.117. The lowest BCUT2D eigenvalue weighted by molar-refractivity contribution is -0.123. The topological polar surface area (TPSA) is 60.5 Å². The van der Waals surface area contributed by atoms with Crippen molar-refractivity contribution in [2.75, 3.05) is 13.7 Å². The first kappa shape index (κ1) is 16.0. The van der Waals surface area contributed by atoms with E-state index in [1.54, 1.807) is 18.3 Å². The molecule has 0 aliphatic carbocycles. The third kappa shape index (κ3) is 4.60. The molecular weight excluding hydrogens is 311 g/mol. The van der Waals surface area contributed by atoms with E-state index >= 15 is 0 Å². The van der Waals surface area contributed by atoms with Gasteiger partial charge in [-0.25, -0.2) is 9.37 Å². The van der Waals surface area contributed by atoms with Gasteiger partial charge in [-0.15, -0.1) is 0 Å². The van der Waals surface area contributed by atoms with E-state index in [0.717, 1.165) is 11.6 Å². The molecule has 0 aliphatic rings. The van der Waals surface area contributed by atoms with Gasteiger partial charge in [0.1, 0.15) is 11.6 Å². The SMILES string of the molecule is COc1cc(CNC(=O)COc2ccc(F)cc2Cl)ccn1. The Hall–Kier alpha value is -2.34. The monoisotopic (exact) mass is 324 g/mol. The normalized spacial score (nSPS) is 10.1. The van der Waals surface area contributed by atoms with Crippen LogP contribution in [0.1, 0.15) is 5.56 Å². The van der Waals surface area contributed by atoms with E-state index in [0.29, 0.717) is 12.4 Å². The molecule has 0 saturated heterocycles. The van der Waals surface area contributed by atoms with Crippen LogP contribution in [-0.4, -0.2) is 24.6 Å². The minimum Gasteiger partial charge on any atom is -0.482 e. The number of hydrogen-bond acceptors (Lipinski definition) is 4. The van der Waals surface area contributed by atoms with E-state index in [-0.39, 0.29) is 23.3 Å². The molecule has 1 aromatic carbocycles. The number of carbonyl (C=O) groups excluding carboxylic acids is 1. The summed E-state index contributed by atoms with van der Waals surface area (Å²) in [5.41, 5.74) is 0.847. The van der Waals surface area contributed by atoms with Crippen LogP contribution in [0.2, 0.25) is 5.02 Å². The van der Waals surface area contributed by atoms with Crippen LogP contribution < -0.4 is 14.8 Å². The van der Waals surface area contributed by atoms with Gasteiger partial charge < -0.3 is 14.8 Å². The summed E-state index contributed by atoms with van der Waals surface area (Å²) in [5.74, 6) is -0.0607. The Balaban J connectivity index is 1.82. The number of methoxy groups -OCH3 is 1. The van der Waals surface area contributed by atoms with Crippen molar-refractivity contribution in [1.29, 1.82) is 0 Å². The predicted molar refractivity (Wildman–Crippen MR) is 79.5 cm³/mol. The minimum atomic E-state index is -0.464. The Bertz CT molecular complexity index is 667. The van der Waals surface area contributed by atoms with Gasteiger partial charge in [-0.05, 0) is 29.8 Å². The van der Waals surface area contributed by atoms with Crippen molar-refractivity contribution in [3.8, 4) is 11.6 Å². The molecule has 116 valence electrons. The fourth-order valence-corrected chi connectivity index (χ4v) is 1.88. The number of pyridine rings is 1. The molecule has 0 atom stereocenters. The van der Waals surface area contributed by atoms with Crippen LogP contribution in [-0.2, 0) is 11.3 Å². The molecule has 1 heterocycles. The Kier molecular flexibility index (Phi) is 5.55. The van der Waals surface area contributed by atoms with Gasteiger partial charge in [0.15, 0.2) is 6.61 Å². The second-order valence-corrected chi connectivity index (χ2v) is 4.75. The Morgan fingerprint density at radius 1 is 1.36 bits per heavy atom. The average Bonchev–Trinajstić information content (AvgIpc) is 2.52. The third-order valence-corrected chi connectivity index (χ3v) is 3.05. The Labute approximate surface area is 132 Å². The maximum Gasteiger partial charge on any atom is 0.258 e. The first-order chi connectivity index (χ1) is 10.6. The number of amides is 1. The molecule has 1 N–H and O–H groups in total. The highest BCUT2D eigenvalue weighted by molar-refractivity contribution is 6.32. The van der Waals surface area contributed by atoms with E-state index < -0.39 is 5.82 Å². The van der Waals surface area contributed by atoms with Gasteiger partial charge in [0.05, 0.1) is 12.1 Å². The number of rotatable bonds is 6. The molecule has 22 heavy (non-hydrogen) atoms. The summed E-state index contributed by atoms with van der Waals surface area (Å²) in [5, 5.41) is 2.80. The van der Waals surface area contributed by atoms with E-state index in [2.05, 4.69) is 10.3 Å². The molecule has 0 radical (unpaired) electrons. The lowest BCUT2D eigenvalue weighted by Gasteiger charge is -2.09. The van der Waals surface area contributed by atoms with E-state index in [1.165, 1.54) is 19.2 Å². The third-order valence-electron chi connectivity index (χ3n) is 2.75. The average molecular weight is 325 g/mol. The molecule has 0 fully saturated rings. The van der Waals surface area contributed by atoms with Gasteiger partial charge in [-0.3, -0.25) is 4.79 Å². The van der Waals surface area contributed by atoms with Gasteiger partial charge in [0, 0.05) is 18.8 Å². The van der Waals surface area contributed by atoms with E-state index in [4.69, 9.17) is 21.1 Å². The zero-order chi connectivity index (χ0) is 15.9. The summed E-state index contributed by atoms with van der Waals surface area (Å²) >= 11 is 5.80. The van der Waals surface area contributed by atoms with Crippen LogP contribution in [0.5, 0.6) is 11.6 Å². The predicted octanol–water partition coefficient (Wildman–Crippen LogP) is 2.58. The summed E-state index contributed by atoms with van der Waals surface area (Å²) in [4.78, 5) is 15.7. The zero-order valence-electron chi connectivity index (χ0n) is 11.8. The molecule has 0 aliphatic heterocycles. The maximum atomic E-state index is 12.9. The number of halogens is 2. The number of nitrogens with zero attached hydrogens (tertiary/aromatic N) is 1. The summed E-state index contributed by atoms with van der Waals surface area (Å²) in [7, 11) is 1.52. The molecule has 0 unspecified atom stereocenters. The van der Waals surface area contributed by atoms with E-state index in [1.807, 2.05) is 0 Å². The summed E-state index contributed by atoms with van der Waals surface area (Å²) < 4.78 is 23.1. The largest absolute Gasteiger partial charge is 0.482 e. The van der Waals surface area contributed by atoms with Gasteiger partial charge in [-0.1, -0.05) is 11.6 Å². The molecule has 0 spiro atoms. The van der Waals surface area contributed by atoms with Crippen molar-refractivity contribution < 1.29 is 18.7 Å². The highest BCUT2D eigenvalue weighted by Gasteiger charge is 2.07. The van der Waals surface area contributed by atoms with Gasteiger partial charge in [-0.2, -0.15) is 0 Å². The molecule has 2 rings (SSSR count). The highest BCUT2D eigenvalue weighted by Crippen LogP contribution is 2.24. The summed E-state index contributed by atoms with van der Waals surface area (Å²) in [6.07, 6.45) is 1.59. The molecule has 1 aromatic heterocycles. The second-order valence-electron chi connectivity index (χ2n) is 4.35. The van der Waals surface area contributed by atoms with Gasteiger partial charge >= 0.3 is 0 Å². The van der Waals surface area contributed by atoms with E-state index in [9.17, 15) is 9.18 Å². The molecule has 2 aromatic rings. The maximum absolute atomic E-state index is 12.9. The van der Waals surface area contributed by atoms with Crippen LogP contribution >= 0.6 is 11.6 Å². The smallest absolute Gasteiger partial charge is 0.258 e. The number of carbonyl (C=O) groups is 1. The van der Waals surface area contributed by atoms with Crippen molar-refractivity contribution >= 4 is 17.5 Å². The molecular formula is C15H14ClFN2O3. The highest BCUT2D eigenvalue weighted by atomic mass is 35.5. The molecule has 7 heteroatoms. The van der Waals surface area contributed by atoms with Crippen LogP contribution in [0.3, 0.4) is 0 Å². The van der Waals surface area contributed by atoms with Crippen LogP contribution in [0.4, 0.5) is 4.39 Å². The zero-order valence-corrected chi connectivity index (χ0v) is 12.6. The fraction of sp³-hybridized carbons (Fsp3) is 0.200.